The molecule has 2 aromatic carbocycles. The van der Waals surface area contributed by atoms with Crippen LogP contribution < -0.4 is 29.1 Å². The monoisotopic (exact) mass is 388 g/mol. The molecule has 0 saturated heterocycles. The fourth-order valence-electron chi connectivity index (χ4n) is 2.95. The van der Waals surface area contributed by atoms with Crippen LogP contribution in [0.4, 0.5) is 0 Å². The number of hydrogen-bond donors (Lipinski definition) is 1. The minimum Gasteiger partial charge on any atom is -0.507 e. The number of methoxy groups -OCH3 is 5. The van der Waals surface area contributed by atoms with Crippen LogP contribution in [0.1, 0.15) is 0 Å². The summed E-state index contributed by atoms with van der Waals surface area (Å²) in [5, 5.41) is 10.2. The van der Waals surface area contributed by atoms with Gasteiger partial charge in [-0.05, 0) is 6.07 Å². The van der Waals surface area contributed by atoms with E-state index in [2.05, 4.69) is 0 Å². The Morgan fingerprint density at radius 3 is 2.00 bits per heavy atom. The van der Waals surface area contributed by atoms with E-state index in [1.54, 1.807) is 12.1 Å². The highest BCUT2D eigenvalue weighted by molar-refractivity contribution is 5.89. The molecule has 0 radical (unpaired) electrons. The number of phenols is 1. The van der Waals surface area contributed by atoms with Crippen molar-refractivity contribution >= 4 is 11.0 Å². The van der Waals surface area contributed by atoms with Gasteiger partial charge in [0.2, 0.25) is 11.2 Å². The molecule has 0 unspecified atom stereocenters. The van der Waals surface area contributed by atoms with Crippen molar-refractivity contribution in [2.75, 3.05) is 35.5 Å². The van der Waals surface area contributed by atoms with Gasteiger partial charge in [-0.25, -0.2) is 0 Å². The van der Waals surface area contributed by atoms with E-state index in [9.17, 15) is 9.90 Å². The first kappa shape index (κ1) is 19.2. The second-order valence-electron chi connectivity index (χ2n) is 5.72. The van der Waals surface area contributed by atoms with Crippen LogP contribution in [0.5, 0.6) is 34.5 Å². The summed E-state index contributed by atoms with van der Waals surface area (Å²) in [4.78, 5) is 13.0. The van der Waals surface area contributed by atoms with E-state index in [-0.39, 0.29) is 28.2 Å². The minimum atomic E-state index is -0.532. The molecule has 8 nitrogen and oxygen atoms in total. The summed E-state index contributed by atoms with van der Waals surface area (Å²) in [6.07, 6.45) is 0. The first-order valence-corrected chi connectivity index (χ1v) is 8.21. The molecule has 0 aliphatic carbocycles. The third-order valence-electron chi connectivity index (χ3n) is 4.30. The molecule has 3 rings (SSSR count). The SMILES string of the molecule is COc1cc(O)c2c(=O)c(OC)c(-c3cc(OC)c(OC)cc3OC)oc2c1. The van der Waals surface area contributed by atoms with E-state index in [1.807, 2.05) is 0 Å². The molecule has 1 heterocycles. The molecule has 0 amide bonds. The Kier molecular flexibility index (Phi) is 5.21. The summed E-state index contributed by atoms with van der Waals surface area (Å²) in [6.45, 7) is 0. The topological polar surface area (TPSA) is 96.6 Å². The predicted molar refractivity (Wildman–Crippen MR) is 102 cm³/mol. The lowest BCUT2D eigenvalue weighted by Crippen LogP contribution is -2.08. The highest BCUT2D eigenvalue weighted by Crippen LogP contribution is 2.44. The fraction of sp³-hybridized carbons (Fsp3) is 0.250. The molecule has 28 heavy (non-hydrogen) atoms. The van der Waals surface area contributed by atoms with Crippen LogP contribution in [0.15, 0.2) is 33.5 Å². The summed E-state index contributed by atoms with van der Waals surface area (Å²) in [7, 11) is 7.26. The van der Waals surface area contributed by atoms with Crippen LogP contribution in [-0.2, 0) is 0 Å². The van der Waals surface area contributed by atoms with Gasteiger partial charge in [0.25, 0.3) is 0 Å². The zero-order chi connectivity index (χ0) is 20.4. The van der Waals surface area contributed by atoms with E-state index < -0.39 is 5.43 Å². The maximum atomic E-state index is 13.0. The summed E-state index contributed by atoms with van der Waals surface area (Å²) in [5.41, 5.74) is 0.0172. The Bertz CT molecular complexity index is 1080. The largest absolute Gasteiger partial charge is 0.507 e. The van der Waals surface area contributed by atoms with Crippen molar-refractivity contribution in [2.45, 2.75) is 0 Å². The van der Waals surface area contributed by atoms with E-state index in [1.165, 1.54) is 47.7 Å². The van der Waals surface area contributed by atoms with Crippen molar-refractivity contribution < 1.29 is 33.2 Å². The Morgan fingerprint density at radius 2 is 1.43 bits per heavy atom. The fourth-order valence-corrected chi connectivity index (χ4v) is 2.95. The molecule has 0 spiro atoms. The summed E-state index contributed by atoms with van der Waals surface area (Å²) in [5.74, 6) is 1.34. The molecule has 1 N–H and O–H groups in total. The summed E-state index contributed by atoms with van der Waals surface area (Å²) >= 11 is 0. The third-order valence-corrected chi connectivity index (χ3v) is 4.30. The molecule has 0 atom stereocenters. The third kappa shape index (κ3) is 3.02. The number of benzene rings is 2. The normalized spacial score (nSPS) is 10.6. The summed E-state index contributed by atoms with van der Waals surface area (Å²) in [6, 6.07) is 6.06. The molecular formula is C20H20O8. The van der Waals surface area contributed by atoms with Crippen molar-refractivity contribution in [1.29, 1.82) is 0 Å². The van der Waals surface area contributed by atoms with Gasteiger partial charge in [-0.1, -0.05) is 0 Å². The Balaban J connectivity index is 2.42. The lowest BCUT2D eigenvalue weighted by Gasteiger charge is -2.16. The predicted octanol–water partition coefficient (Wildman–Crippen LogP) is 3.21. The van der Waals surface area contributed by atoms with Crippen molar-refractivity contribution in [2.24, 2.45) is 0 Å². The van der Waals surface area contributed by atoms with Crippen LogP contribution in [0.25, 0.3) is 22.3 Å². The Hall–Kier alpha value is -3.55. The number of aromatic hydroxyl groups is 1. The van der Waals surface area contributed by atoms with E-state index in [0.717, 1.165) is 0 Å². The number of ether oxygens (including phenoxy) is 5. The molecule has 8 heteroatoms. The van der Waals surface area contributed by atoms with Gasteiger partial charge >= 0.3 is 0 Å². The first-order chi connectivity index (χ1) is 13.5. The van der Waals surface area contributed by atoms with Gasteiger partial charge in [0.05, 0.1) is 41.1 Å². The zero-order valence-corrected chi connectivity index (χ0v) is 16.1. The van der Waals surface area contributed by atoms with Crippen molar-refractivity contribution in [3.63, 3.8) is 0 Å². The van der Waals surface area contributed by atoms with Gasteiger partial charge < -0.3 is 33.2 Å². The second-order valence-corrected chi connectivity index (χ2v) is 5.72. The minimum absolute atomic E-state index is 0.0131. The number of rotatable bonds is 6. The van der Waals surface area contributed by atoms with Crippen LogP contribution in [0.2, 0.25) is 0 Å². The van der Waals surface area contributed by atoms with Crippen LogP contribution >= 0.6 is 0 Å². The molecular weight excluding hydrogens is 368 g/mol. The number of fused-ring (bicyclic) bond motifs is 1. The van der Waals surface area contributed by atoms with Gasteiger partial charge in [0, 0.05) is 18.2 Å². The molecule has 0 fully saturated rings. The Morgan fingerprint density at radius 1 is 0.786 bits per heavy atom. The lowest BCUT2D eigenvalue weighted by molar-refractivity contribution is 0.348. The molecule has 0 saturated carbocycles. The van der Waals surface area contributed by atoms with Gasteiger partial charge in [0.15, 0.2) is 17.3 Å². The molecule has 1 aromatic heterocycles. The van der Waals surface area contributed by atoms with E-state index >= 15 is 0 Å². The number of phenolic OH excluding ortho intramolecular Hbond substituents is 1. The first-order valence-electron chi connectivity index (χ1n) is 8.21. The molecule has 3 aromatic rings. The molecule has 0 bridgehead atoms. The van der Waals surface area contributed by atoms with Gasteiger partial charge in [-0.3, -0.25) is 4.79 Å². The quantitative estimate of drug-likeness (QED) is 0.688. The lowest BCUT2D eigenvalue weighted by atomic mass is 10.1. The van der Waals surface area contributed by atoms with Crippen molar-refractivity contribution in [1.82, 2.24) is 0 Å². The Labute approximate surface area is 160 Å². The standard InChI is InChI=1S/C20H20O8/c1-23-10-6-12(21)17-16(7-10)28-19(20(27-5)18(17)22)11-8-14(25-3)15(26-4)9-13(11)24-2/h6-9,21H,1-5H3. The smallest absolute Gasteiger partial charge is 0.239 e. The average Bonchev–Trinajstić information content (AvgIpc) is 2.71. The van der Waals surface area contributed by atoms with Crippen molar-refractivity contribution in [3.05, 3.63) is 34.5 Å². The van der Waals surface area contributed by atoms with Crippen LogP contribution in [-0.4, -0.2) is 40.7 Å². The molecule has 148 valence electrons. The van der Waals surface area contributed by atoms with Crippen LogP contribution in [0, 0.1) is 0 Å². The average molecular weight is 388 g/mol. The maximum absolute atomic E-state index is 13.0. The molecule has 0 aliphatic rings. The maximum Gasteiger partial charge on any atom is 0.239 e. The van der Waals surface area contributed by atoms with Crippen molar-refractivity contribution in [3.8, 4) is 45.8 Å². The van der Waals surface area contributed by atoms with E-state index in [4.69, 9.17) is 28.1 Å². The zero-order valence-electron chi connectivity index (χ0n) is 16.1. The molecule has 0 aliphatic heterocycles. The second kappa shape index (κ2) is 7.59. The van der Waals surface area contributed by atoms with Crippen LogP contribution in [0.3, 0.4) is 0 Å². The van der Waals surface area contributed by atoms with E-state index in [0.29, 0.717) is 28.6 Å². The highest BCUT2D eigenvalue weighted by atomic mass is 16.5. The van der Waals surface area contributed by atoms with Gasteiger partial charge in [-0.2, -0.15) is 0 Å². The van der Waals surface area contributed by atoms with Gasteiger partial charge in [-0.15, -0.1) is 0 Å². The number of hydrogen-bond acceptors (Lipinski definition) is 8. The van der Waals surface area contributed by atoms with Gasteiger partial charge in [0.1, 0.15) is 28.2 Å². The highest BCUT2D eigenvalue weighted by Gasteiger charge is 2.24. The summed E-state index contributed by atoms with van der Waals surface area (Å²) < 4.78 is 32.5.